The zero-order valence-electron chi connectivity index (χ0n) is 23.9. The highest BCUT2D eigenvalue weighted by atomic mass is 16.5. The zero-order chi connectivity index (χ0) is 28.4. The molecule has 2 N–H and O–H groups in total. The van der Waals surface area contributed by atoms with Crippen LogP contribution in [-0.4, -0.2) is 72.0 Å². The Morgan fingerprint density at radius 3 is 2.30 bits per heavy atom. The Balaban J connectivity index is 1.28. The monoisotopic (exact) mass is 548 g/mol. The van der Waals surface area contributed by atoms with Crippen molar-refractivity contribution >= 4 is 17.9 Å². The number of hydrogen-bond acceptors (Lipinski definition) is 5. The van der Waals surface area contributed by atoms with Crippen LogP contribution in [-0.2, 0) is 27.4 Å². The summed E-state index contributed by atoms with van der Waals surface area (Å²) in [7, 11) is 0. The van der Waals surface area contributed by atoms with E-state index < -0.39 is 17.7 Å². The molecule has 2 saturated heterocycles. The normalized spacial score (nSPS) is 19.1. The van der Waals surface area contributed by atoms with E-state index in [-0.39, 0.29) is 18.4 Å². The van der Waals surface area contributed by atoms with Gasteiger partial charge in [-0.15, -0.1) is 0 Å². The largest absolute Gasteiger partial charge is 0.445 e. The summed E-state index contributed by atoms with van der Waals surface area (Å²) in [5.74, 6) is 0.411. The van der Waals surface area contributed by atoms with Gasteiger partial charge in [-0.2, -0.15) is 0 Å². The average Bonchev–Trinajstić information content (AvgIpc) is 2.97. The van der Waals surface area contributed by atoms with Crippen LogP contribution in [0.5, 0.6) is 0 Å². The minimum absolute atomic E-state index is 0.00430. The molecule has 2 aliphatic heterocycles. The number of alkyl carbamates (subject to hydrolysis) is 1. The Kier molecular flexibility index (Phi) is 10.6. The lowest BCUT2D eigenvalue weighted by molar-refractivity contribution is -0.161. The molecule has 8 nitrogen and oxygen atoms in total. The second kappa shape index (κ2) is 14.3. The predicted molar refractivity (Wildman–Crippen MR) is 156 cm³/mol. The van der Waals surface area contributed by atoms with Gasteiger partial charge in [0.05, 0.1) is 0 Å². The van der Waals surface area contributed by atoms with Gasteiger partial charge in [0.15, 0.2) is 0 Å². The SMILES string of the molecule is CC(C)CCN1C(=O)[C@H](CCCNC(=O)OCc2ccccc2)NC(=O)C12CCN(CCc1ccccc1)CC2. The van der Waals surface area contributed by atoms with Gasteiger partial charge < -0.3 is 25.2 Å². The highest BCUT2D eigenvalue weighted by Gasteiger charge is 2.53. The molecule has 4 rings (SSSR count). The van der Waals surface area contributed by atoms with Gasteiger partial charge in [-0.1, -0.05) is 74.5 Å². The van der Waals surface area contributed by atoms with E-state index in [9.17, 15) is 14.4 Å². The molecule has 216 valence electrons. The van der Waals surface area contributed by atoms with Gasteiger partial charge in [-0.25, -0.2) is 4.79 Å². The number of rotatable bonds is 12. The van der Waals surface area contributed by atoms with Crippen molar-refractivity contribution in [1.29, 1.82) is 0 Å². The fraction of sp³-hybridized carbons (Fsp3) is 0.531. The second-order valence-electron chi connectivity index (χ2n) is 11.4. The van der Waals surface area contributed by atoms with Crippen LogP contribution in [0.4, 0.5) is 4.79 Å². The average molecular weight is 549 g/mol. The van der Waals surface area contributed by atoms with Crippen LogP contribution < -0.4 is 10.6 Å². The van der Waals surface area contributed by atoms with Gasteiger partial charge in [-0.05, 0) is 55.6 Å². The lowest BCUT2D eigenvalue weighted by atomic mass is 9.81. The third-order valence-electron chi connectivity index (χ3n) is 8.13. The number of likely N-dealkylation sites (tertiary alicyclic amines) is 1. The number of amides is 3. The van der Waals surface area contributed by atoms with Crippen LogP contribution in [0.2, 0.25) is 0 Å². The summed E-state index contributed by atoms with van der Waals surface area (Å²) >= 11 is 0. The van der Waals surface area contributed by atoms with Crippen LogP contribution in [0.3, 0.4) is 0 Å². The molecule has 2 aliphatic rings. The first kappa shape index (κ1) is 29.6. The van der Waals surface area contributed by atoms with E-state index in [0.29, 0.717) is 44.7 Å². The Morgan fingerprint density at radius 1 is 1.00 bits per heavy atom. The molecule has 0 saturated carbocycles. The highest BCUT2D eigenvalue weighted by Crippen LogP contribution is 2.34. The van der Waals surface area contributed by atoms with Gasteiger partial charge in [0, 0.05) is 32.7 Å². The first-order chi connectivity index (χ1) is 19.4. The highest BCUT2D eigenvalue weighted by molar-refractivity contribution is 6.00. The fourth-order valence-electron chi connectivity index (χ4n) is 5.63. The first-order valence-corrected chi connectivity index (χ1v) is 14.7. The standard InChI is InChI=1S/C32H44N4O4/c1-25(2)15-21-36-29(37)28(14-9-19-33-31(39)40-24-27-12-7-4-8-13-27)34-30(38)32(36)17-22-35(23-18-32)20-16-26-10-5-3-6-11-26/h3-8,10-13,25,28H,9,14-24H2,1-2H3,(H,33,39)(H,34,38)/t28-/m0/s1. The number of nitrogens with one attached hydrogen (secondary N) is 2. The van der Waals surface area contributed by atoms with E-state index in [1.54, 1.807) is 0 Å². The third kappa shape index (κ3) is 7.84. The van der Waals surface area contributed by atoms with Crippen molar-refractivity contribution in [3.63, 3.8) is 0 Å². The van der Waals surface area contributed by atoms with Crippen molar-refractivity contribution in [2.75, 3.05) is 32.7 Å². The maximum Gasteiger partial charge on any atom is 0.407 e. The Morgan fingerprint density at radius 2 is 1.65 bits per heavy atom. The lowest BCUT2D eigenvalue weighted by Crippen LogP contribution is -2.73. The van der Waals surface area contributed by atoms with Crippen molar-refractivity contribution in [2.45, 2.75) is 70.6 Å². The zero-order valence-corrected chi connectivity index (χ0v) is 23.9. The van der Waals surface area contributed by atoms with E-state index in [0.717, 1.165) is 38.0 Å². The topological polar surface area (TPSA) is 91.0 Å². The summed E-state index contributed by atoms with van der Waals surface area (Å²) in [4.78, 5) is 43.7. The van der Waals surface area contributed by atoms with E-state index in [1.807, 2.05) is 41.3 Å². The van der Waals surface area contributed by atoms with Gasteiger partial charge in [0.1, 0.15) is 18.2 Å². The van der Waals surface area contributed by atoms with Gasteiger partial charge in [0.2, 0.25) is 11.8 Å². The van der Waals surface area contributed by atoms with Crippen molar-refractivity contribution in [2.24, 2.45) is 5.92 Å². The molecule has 2 heterocycles. The fourth-order valence-corrected chi connectivity index (χ4v) is 5.63. The number of piperazine rings is 1. The summed E-state index contributed by atoms with van der Waals surface area (Å²) in [5, 5.41) is 5.81. The molecular weight excluding hydrogens is 504 g/mol. The molecule has 8 heteroatoms. The molecule has 0 bridgehead atoms. The molecule has 2 aromatic carbocycles. The maximum atomic E-state index is 13.7. The van der Waals surface area contributed by atoms with E-state index in [2.05, 4.69) is 53.6 Å². The smallest absolute Gasteiger partial charge is 0.407 e. The molecule has 1 spiro atoms. The summed E-state index contributed by atoms with van der Waals surface area (Å²) in [6, 6.07) is 19.4. The minimum atomic E-state index is -0.773. The molecule has 2 aromatic rings. The Labute approximate surface area is 238 Å². The number of carbonyl (C=O) groups is 3. The number of piperidine rings is 1. The molecule has 1 atom stereocenters. The van der Waals surface area contributed by atoms with Gasteiger partial charge >= 0.3 is 6.09 Å². The Hall–Kier alpha value is -3.39. The molecule has 3 amide bonds. The summed E-state index contributed by atoms with van der Waals surface area (Å²) < 4.78 is 5.26. The number of hydrogen-bond donors (Lipinski definition) is 2. The van der Waals surface area contributed by atoms with E-state index >= 15 is 0 Å². The molecule has 2 fully saturated rings. The van der Waals surface area contributed by atoms with Crippen molar-refractivity contribution in [3.8, 4) is 0 Å². The summed E-state index contributed by atoms with van der Waals surface area (Å²) in [5.41, 5.74) is 1.46. The van der Waals surface area contributed by atoms with Crippen LogP contribution in [0, 0.1) is 5.92 Å². The van der Waals surface area contributed by atoms with E-state index in [1.165, 1.54) is 5.56 Å². The quantitative estimate of drug-likeness (QED) is 0.389. The number of carbonyl (C=O) groups excluding carboxylic acids is 3. The minimum Gasteiger partial charge on any atom is -0.445 e. The lowest BCUT2D eigenvalue weighted by Gasteiger charge is -2.52. The maximum absolute atomic E-state index is 13.7. The van der Waals surface area contributed by atoms with Crippen molar-refractivity contribution < 1.29 is 19.1 Å². The first-order valence-electron chi connectivity index (χ1n) is 14.7. The molecule has 0 aromatic heterocycles. The molecule has 0 aliphatic carbocycles. The number of ether oxygens (including phenoxy) is 1. The molecule has 40 heavy (non-hydrogen) atoms. The number of nitrogens with zero attached hydrogens (tertiary/aromatic N) is 2. The number of benzene rings is 2. The molecular formula is C32H44N4O4. The van der Waals surface area contributed by atoms with Gasteiger partial charge in [-0.3, -0.25) is 9.59 Å². The van der Waals surface area contributed by atoms with Crippen LogP contribution in [0.1, 0.15) is 57.1 Å². The van der Waals surface area contributed by atoms with Crippen LogP contribution in [0.15, 0.2) is 60.7 Å². The Bertz CT molecular complexity index is 1100. The van der Waals surface area contributed by atoms with Gasteiger partial charge in [0.25, 0.3) is 0 Å². The summed E-state index contributed by atoms with van der Waals surface area (Å²) in [6.07, 6.45) is 3.69. The van der Waals surface area contributed by atoms with E-state index in [4.69, 9.17) is 4.74 Å². The van der Waals surface area contributed by atoms with Crippen LogP contribution in [0.25, 0.3) is 0 Å². The molecule has 0 unspecified atom stereocenters. The molecule has 0 radical (unpaired) electrons. The van der Waals surface area contributed by atoms with Crippen molar-refractivity contribution in [3.05, 3.63) is 71.8 Å². The second-order valence-corrected chi connectivity index (χ2v) is 11.4. The predicted octanol–water partition coefficient (Wildman–Crippen LogP) is 4.14. The van der Waals surface area contributed by atoms with Crippen LogP contribution >= 0.6 is 0 Å². The third-order valence-corrected chi connectivity index (χ3v) is 8.13. The summed E-state index contributed by atoms with van der Waals surface area (Å²) in [6.45, 7) is 8.01. The van der Waals surface area contributed by atoms with Crippen molar-refractivity contribution in [1.82, 2.24) is 20.4 Å².